The maximum atomic E-state index is 4.31. The van der Waals surface area contributed by atoms with Gasteiger partial charge in [0.15, 0.2) is 0 Å². The molecule has 1 heteroatoms. The number of hydrogen-bond donors (Lipinski definition) is 0. The topological polar surface area (TPSA) is 3.24 Å². The van der Waals surface area contributed by atoms with E-state index in [-0.39, 0.29) is 5.41 Å². The van der Waals surface area contributed by atoms with Gasteiger partial charge in [0, 0.05) is 13.1 Å². The van der Waals surface area contributed by atoms with Gasteiger partial charge in [-0.3, -0.25) is 4.90 Å². The molecule has 0 aliphatic rings. The van der Waals surface area contributed by atoms with E-state index in [0.29, 0.717) is 0 Å². The van der Waals surface area contributed by atoms with Crippen LogP contribution in [0.15, 0.2) is 73.3 Å². The van der Waals surface area contributed by atoms with Crippen LogP contribution < -0.4 is 0 Å². The van der Waals surface area contributed by atoms with Gasteiger partial charge in [0.25, 0.3) is 0 Å². The lowest BCUT2D eigenvalue weighted by Crippen LogP contribution is -2.20. The van der Waals surface area contributed by atoms with Gasteiger partial charge in [-0.15, -0.1) is 0 Å². The molecule has 3 aromatic carbocycles. The van der Waals surface area contributed by atoms with E-state index in [1.807, 2.05) is 0 Å². The van der Waals surface area contributed by atoms with Gasteiger partial charge < -0.3 is 0 Å². The molecule has 0 aliphatic carbocycles. The van der Waals surface area contributed by atoms with Gasteiger partial charge >= 0.3 is 0 Å². The number of likely N-dealkylation sites (N-methyl/N-ethyl adjacent to an activating group) is 1. The minimum Gasteiger partial charge on any atom is -0.298 e. The lowest BCUT2D eigenvalue weighted by Gasteiger charge is -2.21. The van der Waals surface area contributed by atoms with E-state index >= 15 is 0 Å². The van der Waals surface area contributed by atoms with Crippen LogP contribution in [-0.4, -0.2) is 18.5 Å². The number of benzene rings is 3. The summed E-state index contributed by atoms with van der Waals surface area (Å²) in [6, 6.07) is 24.1. The summed E-state index contributed by atoms with van der Waals surface area (Å²) < 4.78 is 0. The van der Waals surface area contributed by atoms with Crippen molar-refractivity contribution in [1.29, 1.82) is 0 Å². The first-order valence-corrected chi connectivity index (χ1v) is 9.28. The molecule has 0 unspecified atom stereocenters. The summed E-state index contributed by atoms with van der Waals surface area (Å²) in [5, 5.41) is 2.59. The molecular formula is C25H29N. The predicted octanol–water partition coefficient (Wildman–Crippen LogP) is 6.28. The van der Waals surface area contributed by atoms with Crippen LogP contribution in [0.4, 0.5) is 0 Å². The van der Waals surface area contributed by atoms with E-state index in [2.05, 4.69) is 106 Å². The summed E-state index contributed by atoms with van der Waals surface area (Å²) >= 11 is 0. The van der Waals surface area contributed by atoms with Crippen molar-refractivity contribution in [2.24, 2.45) is 0 Å². The van der Waals surface area contributed by atoms with Crippen LogP contribution in [0.2, 0.25) is 0 Å². The van der Waals surface area contributed by atoms with Crippen molar-refractivity contribution in [3.8, 4) is 0 Å². The van der Waals surface area contributed by atoms with Gasteiger partial charge in [-0.25, -0.2) is 0 Å². The molecule has 3 rings (SSSR count). The van der Waals surface area contributed by atoms with Crippen molar-refractivity contribution in [2.45, 2.75) is 32.7 Å². The lowest BCUT2D eigenvalue weighted by molar-refractivity contribution is 0.369. The molecule has 134 valence electrons. The van der Waals surface area contributed by atoms with Crippen LogP contribution in [0.25, 0.3) is 16.3 Å². The van der Waals surface area contributed by atoms with Crippen LogP contribution in [0, 0.1) is 0 Å². The first-order valence-electron chi connectivity index (χ1n) is 9.28. The number of rotatable bonds is 5. The standard InChI is InChI=1S/C25H29N/c1-19(21-12-14-24(15-13-21)25(2,3)4)17-26(5)18-20-10-11-22-8-6-7-9-23(22)16-20/h6-16H,1,17-18H2,2-5H3. The lowest BCUT2D eigenvalue weighted by atomic mass is 9.86. The summed E-state index contributed by atoms with van der Waals surface area (Å²) in [6.07, 6.45) is 0. The van der Waals surface area contributed by atoms with Gasteiger partial charge in [0.1, 0.15) is 0 Å². The molecular weight excluding hydrogens is 314 g/mol. The van der Waals surface area contributed by atoms with E-state index < -0.39 is 0 Å². The molecule has 0 amide bonds. The zero-order valence-corrected chi connectivity index (χ0v) is 16.4. The fraction of sp³-hybridized carbons (Fsp3) is 0.280. The normalized spacial score (nSPS) is 11.9. The third-order valence-electron chi connectivity index (χ3n) is 4.89. The number of fused-ring (bicyclic) bond motifs is 1. The highest BCUT2D eigenvalue weighted by molar-refractivity contribution is 5.83. The zero-order valence-electron chi connectivity index (χ0n) is 16.4. The molecule has 0 saturated heterocycles. The third kappa shape index (κ3) is 4.42. The van der Waals surface area contributed by atoms with Gasteiger partial charge in [-0.2, -0.15) is 0 Å². The maximum Gasteiger partial charge on any atom is 0.0234 e. The monoisotopic (exact) mass is 343 g/mol. The zero-order chi connectivity index (χ0) is 18.7. The molecule has 0 radical (unpaired) electrons. The van der Waals surface area contributed by atoms with Crippen LogP contribution in [-0.2, 0) is 12.0 Å². The first-order chi connectivity index (χ1) is 12.3. The first kappa shape index (κ1) is 18.4. The van der Waals surface area contributed by atoms with Crippen LogP contribution >= 0.6 is 0 Å². The van der Waals surface area contributed by atoms with E-state index in [9.17, 15) is 0 Å². The molecule has 3 aromatic rings. The third-order valence-corrected chi connectivity index (χ3v) is 4.89. The van der Waals surface area contributed by atoms with Gasteiger partial charge in [0.05, 0.1) is 0 Å². The second-order valence-electron chi connectivity index (χ2n) is 8.28. The van der Waals surface area contributed by atoms with Crippen molar-refractivity contribution in [2.75, 3.05) is 13.6 Å². The molecule has 0 bridgehead atoms. The minimum absolute atomic E-state index is 0.187. The van der Waals surface area contributed by atoms with Crippen LogP contribution in [0.5, 0.6) is 0 Å². The highest BCUT2D eigenvalue weighted by Crippen LogP contribution is 2.24. The van der Waals surface area contributed by atoms with Gasteiger partial charge in [-0.1, -0.05) is 88.0 Å². The summed E-state index contributed by atoms with van der Waals surface area (Å²) in [5.74, 6) is 0. The van der Waals surface area contributed by atoms with E-state index in [1.54, 1.807) is 0 Å². The molecule has 0 aliphatic heterocycles. The van der Waals surface area contributed by atoms with Crippen molar-refractivity contribution in [1.82, 2.24) is 4.90 Å². The maximum absolute atomic E-state index is 4.31. The molecule has 26 heavy (non-hydrogen) atoms. The number of nitrogens with zero attached hydrogens (tertiary/aromatic N) is 1. The largest absolute Gasteiger partial charge is 0.298 e. The Kier molecular flexibility index (Phi) is 5.29. The fourth-order valence-electron chi connectivity index (χ4n) is 3.33. The molecule has 0 heterocycles. The highest BCUT2D eigenvalue weighted by atomic mass is 15.1. The average Bonchev–Trinajstić information content (AvgIpc) is 2.61. The Bertz CT molecular complexity index is 897. The van der Waals surface area contributed by atoms with E-state index in [4.69, 9.17) is 0 Å². The Morgan fingerprint density at radius 2 is 1.54 bits per heavy atom. The van der Waals surface area contributed by atoms with Crippen LogP contribution in [0.3, 0.4) is 0 Å². The molecule has 1 nitrogen and oxygen atoms in total. The number of hydrogen-bond acceptors (Lipinski definition) is 1. The summed E-state index contributed by atoms with van der Waals surface area (Å²) in [7, 11) is 2.16. The molecule has 0 aromatic heterocycles. The predicted molar refractivity (Wildman–Crippen MR) is 114 cm³/mol. The summed E-state index contributed by atoms with van der Waals surface area (Å²) in [5.41, 5.74) is 5.27. The van der Waals surface area contributed by atoms with Crippen molar-refractivity contribution in [3.63, 3.8) is 0 Å². The fourth-order valence-corrected chi connectivity index (χ4v) is 3.33. The average molecular weight is 344 g/mol. The van der Waals surface area contributed by atoms with Crippen molar-refractivity contribution >= 4 is 16.3 Å². The Balaban J connectivity index is 1.65. The molecule has 0 fully saturated rings. The van der Waals surface area contributed by atoms with E-state index in [1.165, 1.54) is 27.5 Å². The summed E-state index contributed by atoms with van der Waals surface area (Å²) in [4.78, 5) is 2.32. The smallest absolute Gasteiger partial charge is 0.0234 e. The van der Waals surface area contributed by atoms with E-state index in [0.717, 1.165) is 18.7 Å². The van der Waals surface area contributed by atoms with Crippen molar-refractivity contribution < 1.29 is 0 Å². The molecule has 0 N–H and O–H groups in total. The second kappa shape index (κ2) is 7.47. The van der Waals surface area contributed by atoms with Crippen LogP contribution in [0.1, 0.15) is 37.5 Å². The molecule has 0 atom stereocenters. The Morgan fingerprint density at radius 1 is 0.885 bits per heavy atom. The Hall–Kier alpha value is -2.38. The SMILES string of the molecule is C=C(CN(C)Cc1ccc2ccccc2c1)c1ccc(C(C)(C)C)cc1. The van der Waals surface area contributed by atoms with Gasteiger partial charge in [0.2, 0.25) is 0 Å². The molecule has 0 saturated carbocycles. The Morgan fingerprint density at radius 3 is 2.19 bits per heavy atom. The minimum atomic E-state index is 0.187. The van der Waals surface area contributed by atoms with Crippen molar-refractivity contribution in [3.05, 3.63) is 90.0 Å². The second-order valence-corrected chi connectivity index (χ2v) is 8.28. The summed E-state index contributed by atoms with van der Waals surface area (Å²) in [6.45, 7) is 12.8. The highest BCUT2D eigenvalue weighted by Gasteiger charge is 2.13. The Labute approximate surface area is 158 Å². The quantitative estimate of drug-likeness (QED) is 0.527. The van der Waals surface area contributed by atoms with Gasteiger partial charge in [-0.05, 0) is 51.6 Å². The molecule has 0 spiro atoms.